The fourth-order valence-electron chi connectivity index (χ4n) is 3.33. The zero-order valence-electron chi connectivity index (χ0n) is 13.6. The maximum atomic E-state index is 13.1. The number of carbonyl (C=O) groups excluding carboxylic acids is 2. The first kappa shape index (κ1) is 14.6. The molecule has 0 fully saturated rings. The molecule has 0 saturated heterocycles. The summed E-state index contributed by atoms with van der Waals surface area (Å²) in [5, 5.41) is 0. The van der Waals surface area contributed by atoms with Crippen LogP contribution in [-0.4, -0.2) is 27.6 Å². The van der Waals surface area contributed by atoms with Gasteiger partial charge in [0.1, 0.15) is 11.3 Å². The maximum absolute atomic E-state index is 13.1. The highest BCUT2D eigenvalue weighted by atomic mass is 16.2. The molecule has 0 unspecified atom stereocenters. The molecular formula is C19H17N3O2. The fraction of sp³-hybridized carbons (Fsp3) is 0.211. The molecular weight excluding hydrogens is 302 g/mol. The van der Waals surface area contributed by atoms with Gasteiger partial charge in [0.15, 0.2) is 5.78 Å². The highest BCUT2D eigenvalue weighted by Gasteiger charge is 2.29. The number of anilines is 1. The average molecular weight is 319 g/mol. The summed E-state index contributed by atoms with van der Waals surface area (Å²) in [4.78, 5) is 30.9. The third-order valence-corrected chi connectivity index (χ3v) is 4.53. The quantitative estimate of drug-likeness (QED) is 0.682. The third kappa shape index (κ3) is 2.12. The third-order valence-electron chi connectivity index (χ3n) is 4.53. The first-order chi connectivity index (χ1) is 11.6. The topological polar surface area (TPSA) is 54.7 Å². The molecule has 120 valence electrons. The normalized spacial score (nSPS) is 13.3. The Morgan fingerprint density at radius 1 is 1.17 bits per heavy atom. The van der Waals surface area contributed by atoms with E-state index in [2.05, 4.69) is 4.98 Å². The van der Waals surface area contributed by atoms with Gasteiger partial charge in [0.25, 0.3) is 5.91 Å². The minimum atomic E-state index is -0.0551. The zero-order valence-corrected chi connectivity index (χ0v) is 13.6. The van der Waals surface area contributed by atoms with E-state index < -0.39 is 0 Å². The lowest BCUT2D eigenvalue weighted by molar-refractivity contribution is 0.0981. The summed E-state index contributed by atoms with van der Waals surface area (Å²) in [5.74, 6) is -0.0132. The van der Waals surface area contributed by atoms with Crippen LogP contribution < -0.4 is 4.90 Å². The van der Waals surface area contributed by atoms with E-state index in [1.165, 1.54) is 0 Å². The summed E-state index contributed by atoms with van der Waals surface area (Å²) in [7, 11) is 0. The van der Waals surface area contributed by atoms with Crippen LogP contribution in [0.25, 0.3) is 5.65 Å². The number of amides is 1. The van der Waals surface area contributed by atoms with Crippen molar-refractivity contribution in [2.45, 2.75) is 20.3 Å². The van der Waals surface area contributed by atoms with E-state index in [-0.39, 0.29) is 11.7 Å². The standard InChI is InChI=1S/C19H17N3O2/c1-12-18(22-9-4-3-5-17(22)20-12)19(24)21-10-8-15-11-14(13(2)23)6-7-16(15)21/h3-7,9,11H,8,10H2,1-2H3. The van der Waals surface area contributed by atoms with Crippen molar-refractivity contribution in [2.75, 3.05) is 11.4 Å². The number of aryl methyl sites for hydroxylation is 1. The van der Waals surface area contributed by atoms with Gasteiger partial charge in [-0.1, -0.05) is 6.07 Å². The molecule has 5 nitrogen and oxygen atoms in total. The number of aromatic nitrogens is 2. The molecule has 0 spiro atoms. The Balaban J connectivity index is 1.77. The van der Waals surface area contributed by atoms with E-state index in [1.54, 1.807) is 17.9 Å². The number of hydrogen-bond acceptors (Lipinski definition) is 3. The number of benzene rings is 1. The van der Waals surface area contributed by atoms with Gasteiger partial charge in [-0.2, -0.15) is 0 Å². The number of nitrogens with zero attached hydrogens (tertiary/aromatic N) is 3. The lowest BCUT2D eigenvalue weighted by atomic mass is 10.1. The van der Waals surface area contributed by atoms with Crippen molar-refractivity contribution in [1.29, 1.82) is 0 Å². The van der Waals surface area contributed by atoms with Gasteiger partial charge >= 0.3 is 0 Å². The Kier molecular flexibility index (Phi) is 3.23. The zero-order chi connectivity index (χ0) is 16.8. The van der Waals surface area contributed by atoms with E-state index in [0.29, 0.717) is 17.8 Å². The van der Waals surface area contributed by atoms with Crippen LogP contribution in [0.4, 0.5) is 5.69 Å². The van der Waals surface area contributed by atoms with Gasteiger partial charge in [-0.25, -0.2) is 4.98 Å². The van der Waals surface area contributed by atoms with Crippen molar-refractivity contribution in [2.24, 2.45) is 0 Å². The van der Waals surface area contributed by atoms with Crippen LogP contribution in [0.1, 0.15) is 39.0 Å². The van der Waals surface area contributed by atoms with Crippen molar-refractivity contribution in [3.05, 3.63) is 65.1 Å². The molecule has 5 heteroatoms. The minimum Gasteiger partial charge on any atom is -0.306 e. The van der Waals surface area contributed by atoms with E-state index in [0.717, 1.165) is 29.0 Å². The summed E-state index contributed by atoms with van der Waals surface area (Å²) < 4.78 is 1.83. The number of hydrogen-bond donors (Lipinski definition) is 0. The molecule has 0 radical (unpaired) electrons. The maximum Gasteiger partial charge on any atom is 0.277 e. The molecule has 0 atom stereocenters. The number of imidazole rings is 1. The van der Waals surface area contributed by atoms with Crippen LogP contribution in [0.15, 0.2) is 42.6 Å². The smallest absolute Gasteiger partial charge is 0.277 e. The molecule has 2 aromatic heterocycles. The van der Waals surface area contributed by atoms with Crippen LogP contribution in [-0.2, 0) is 6.42 Å². The fourth-order valence-corrected chi connectivity index (χ4v) is 3.33. The van der Waals surface area contributed by atoms with Crippen LogP contribution >= 0.6 is 0 Å². The minimum absolute atomic E-state index is 0.0419. The molecule has 0 N–H and O–H groups in total. The Morgan fingerprint density at radius 3 is 2.79 bits per heavy atom. The predicted octanol–water partition coefficient (Wildman–Crippen LogP) is 3.05. The van der Waals surface area contributed by atoms with E-state index >= 15 is 0 Å². The Labute approximate surface area is 139 Å². The second kappa shape index (κ2) is 5.30. The second-order valence-electron chi connectivity index (χ2n) is 6.08. The van der Waals surface area contributed by atoms with Gasteiger partial charge in [0.2, 0.25) is 0 Å². The molecule has 0 saturated carbocycles. The molecule has 4 rings (SSSR count). The Hall–Kier alpha value is -2.95. The Morgan fingerprint density at radius 2 is 2.00 bits per heavy atom. The summed E-state index contributed by atoms with van der Waals surface area (Å²) >= 11 is 0. The van der Waals surface area contributed by atoms with Crippen LogP contribution in [0.2, 0.25) is 0 Å². The van der Waals surface area contributed by atoms with Crippen LogP contribution in [0.3, 0.4) is 0 Å². The number of fused-ring (bicyclic) bond motifs is 2. The highest BCUT2D eigenvalue weighted by Crippen LogP contribution is 2.31. The van der Waals surface area contributed by atoms with Gasteiger partial charge in [-0.05, 0) is 56.2 Å². The summed E-state index contributed by atoms with van der Waals surface area (Å²) in [6.07, 6.45) is 2.62. The molecule has 1 amide bonds. The summed E-state index contributed by atoms with van der Waals surface area (Å²) in [6, 6.07) is 11.2. The predicted molar refractivity (Wildman–Crippen MR) is 91.8 cm³/mol. The van der Waals surface area contributed by atoms with Crippen molar-refractivity contribution in [1.82, 2.24) is 9.38 Å². The molecule has 3 aromatic rings. The summed E-state index contributed by atoms with van der Waals surface area (Å²) in [5.41, 5.74) is 4.70. The van der Waals surface area contributed by atoms with Crippen molar-refractivity contribution >= 4 is 23.0 Å². The first-order valence-electron chi connectivity index (χ1n) is 7.95. The Bertz CT molecular complexity index is 987. The molecule has 1 aromatic carbocycles. The molecule has 24 heavy (non-hydrogen) atoms. The number of pyridine rings is 1. The molecule has 1 aliphatic heterocycles. The van der Waals surface area contributed by atoms with Crippen LogP contribution in [0.5, 0.6) is 0 Å². The first-order valence-corrected chi connectivity index (χ1v) is 7.95. The van der Waals surface area contributed by atoms with Gasteiger partial charge in [0.05, 0.1) is 5.69 Å². The molecule has 3 heterocycles. The van der Waals surface area contributed by atoms with Gasteiger partial charge in [-0.3, -0.25) is 14.0 Å². The van der Waals surface area contributed by atoms with Crippen molar-refractivity contribution in [3.8, 4) is 0 Å². The number of carbonyl (C=O) groups is 2. The average Bonchev–Trinajstić information content (AvgIpc) is 3.13. The lowest BCUT2D eigenvalue weighted by Gasteiger charge is -2.17. The second-order valence-corrected chi connectivity index (χ2v) is 6.08. The molecule has 0 bridgehead atoms. The van der Waals surface area contributed by atoms with Gasteiger partial charge < -0.3 is 4.90 Å². The monoisotopic (exact) mass is 319 g/mol. The van der Waals surface area contributed by atoms with E-state index in [4.69, 9.17) is 0 Å². The lowest BCUT2D eigenvalue weighted by Crippen LogP contribution is -2.30. The summed E-state index contributed by atoms with van der Waals surface area (Å²) in [6.45, 7) is 4.03. The van der Waals surface area contributed by atoms with E-state index in [1.807, 2.05) is 47.9 Å². The largest absolute Gasteiger partial charge is 0.306 e. The van der Waals surface area contributed by atoms with Crippen molar-refractivity contribution < 1.29 is 9.59 Å². The van der Waals surface area contributed by atoms with Gasteiger partial charge in [-0.15, -0.1) is 0 Å². The number of Topliss-reactive ketones (excluding diaryl/α,β-unsaturated/α-hetero) is 1. The number of ketones is 1. The van der Waals surface area contributed by atoms with E-state index in [9.17, 15) is 9.59 Å². The van der Waals surface area contributed by atoms with Gasteiger partial charge in [0, 0.05) is 24.0 Å². The van der Waals surface area contributed by atoms with Crippen molar-refractivity contribution in [3.63, 3.8) is 0 Å². The number of rotatable bonds is 2. The SMILES string of the molecule is CC(=O)c1ccc2c(c1)CCN2C(=O)c1c(C)nc2ccccn12. The highest BCUT2D eigenvalue weighted by molar-refractivity contribution is 6.08. The molecule has 1 aliphatic rings. The molecule has 0 aliphatic carbocycles. The van der Waals surface area contributed by atoms with Crippen LogP contribution in [0, 0.1) is 6.92 Å².